The van der Waals surface area contributed by atoms with Gasteiger partial charge in [-0.05, 0) is 26.3 Å². The van der Waals surface area contributed by atoms with Crippen LogP contribution in [0.25, 0.3) is 17.0 Å². The van der Waals surface area contributed by atoms with Crippen molar-refractivity contribution in [3.05, 3.63) is 46.5 Å². The van der Waals surface area contributed by atoms with Crippen molar-refractivity contribution in [3.63, 3.8) is 0 Å². The fourth-order valence-electron chi connectivity index (χ4n) is 2.78. The van der Waals surface area contributed by atoms with Crippen molar-refractivity contribution in [2.75, 3.05) is 13.2 Å². The van der Waals surface area contributed by atoms with Crippen LogP contribution in [0.5, 0.6) is 6.01 Å². The fraction of sp³-hybridized carbons (Fsp3) is 0.389. The number of aromatic amines is 1. The molecule has 0 amide bonds. The van der Waals surface area contributed by atoms with E-state index in [0.717, 1.165) is 0 Å². The highest BCUT2D eigenvalue weighted by molar-refractivity contribution is 5.65. The molecule has 0 aromatic carbocycles. The third kappa shape index (κ3) is 4.33. The van der Waals surface area contributed by atoms with E-state index in [1.807, 2.05) is 0 Å². The molecule has 1 N–H and O–H groups in total. The number of allylic oxidation sites excluding steroid dienone is 2. The molecule has 0 saturated carbocycles. The van der Waals surface area contributed by atoms with E-state index in [2.05, 4.69) is 15.2 Å². The van der Waals surface area contributed by atoms with Crippen molar-refractivity contribution in [1.29, 1.82) is 0 Å². The lowest BCUT2D eigenvalue weighted by atomic mass is 10.1. The fourth-order valence-corrected chi connectivity index (χ4v) is 2.78. The first-order valence-corrected chi connectivity index (χ1v) is 8.63. The Morgan fingerprint density at radius 2 is 2.18 bits per heavy atom. The van der Waals surface area contributed by atoms with Crippen molar-refractivity contribution in [3.8, 4) is 17.3 Å². The van der Waals surface area contributed by atoms with Crippen molar-refractivity contribution < 1.29 is 22.6 Å². The highest BCUT2D eigenvalue weighted by Gasteiger charge is 2.29. The van der Waals surface area contributed by atoms with Crippen LogP contribution < -0.4 is 10.3 Å². The summed E-state index contributed by atoms with van der Waals surface area (Å²) in [6, 6.07) is 0.0971. The first-order chi connectivity index (χ1) is 13.3. The first-order valence-electron chi connectivity index (χ1n) is 8.63. The van der Waals surface area contributed by atoms with Crippen molar-refractivity contribution in [1.82, 2.24) is 19.7 Å². The maximum atomic E-state index is 13.0. The Hall–Kier alpha value is -2.88. The van der Waals surface area contributed by atoms with E-state index in [1.54, 1.807) is 32.3 Å². The van der Waals surface area contributed by atoms with Crippen molar-refractivity contribution >= 4 is 5.70 Å². The minimum Gasteiger partial charge on any atom is -0.465 e. The first kappa shape index (κ1) is 19.9. The van der Waals surface area contributed by atoms with Crippen LogP contribution in [0.4, 0.5) is 13.2 Å². The minimum atomic E-state index is -4.39. The van der Waals surface area contributed by atoms with Gasteiger partial charge in [0.1, 0.15) is 6.61 Å². The summed E-state index contributed by atoms with van der Waals surface area (Å²) in [7, 11) is 0. The molecule has 0 fully saturated rings. The minimum absolute atomic E-state index is 0.0971. The Bertz CT molecular complexity index is 946. The van der Waals surface area contributed by atoms with Gasteiger partial charge in [0.05, 0.1) is 24.6 Å². The number of nitrogens with zero attached hydrogens (tertiary/aromatic N) is 3. The average molecular weight is 396 g/mol. The Balaban J connectivity index is 1.92. The summed E-state index contributed by atoms with van der Waals surface area (Å²) in [6.07, 6.45) is 2.92. The zero-order valence-corrected chi connectivity index (χ0v) is 15.3. The topological polar surface area (TPSA) is 82.0 Å². The lowest BCUT2D eigenvalue weighted by Crippen LogP contribution is -2.27. The van der Waals surface area contributed by atoms with E-state index in [1.165, 1.54) is 16.7 Å². The number of halogens is 3. The molecule has 1 aliphatic rings. The van der Waals surface area contributed by atoms with E-state index >= 15 is 0 Å². The number of rotatable bonds is 6. The normalized spacial score (nSPS) is 16.9. The third-order valence-corrected chi connectivity index (χ3v) is 4.08. The number of alkyl halides is 3. The number of nitrogens with one attached hydrogen (secondary N) is 1. The van der Waals surface area contributed by atoms with Gasteiger partial charge in [-0.25, -0.2) is 4.57 Å². The van der Waals surface area contributed by atoms with E-state index < -0.39 is 18.9 Å². The molecule has 0 bridgehead atoms. The van der Waals surface area contributed by atoms with E-state index in [0.29, 0.717) is 22.5 Å². The van der Waals surface area contributed by atoms with Crippen LogP contribution in [0.2, 0.25) is 0 Å². The Labute approximate surface area is 158 Å². The van der Waals surface area contributed by atoms with E-state index in [4.69, 9.17) is 9.47 Å². The molecule has 3 rings (SSSR count). The standard InChI is InChI=1S/C18H19F3N4O3/c1-3-27-17-24-15(12-8-22-23-9-12)11(2)16(26)25(17)13-4-6-14(7-5-13)28-10-18(19,20)21/h4-6,8-9,14H,3,7,10H2,1-2H3,(H,22,23). The Kier molecular flexibility index (Phi) is 5.68. The largest absolute Gasteiger partial charge is 0.465 e. The van der Waals surface area contributed by atoms with Crippen LogP contribution in [0.1, 0.15) is 18.9 Å². The monoisotopic (exact) mass is 396 g/mol. The second-order valence-corrected chi connectivity index (χ2v) is 6.12. The van der Waals surface area contributed by atoms with Crippen LogP contribution in [0.15, 0.2) is 35.4 Å². The van der Waals surface area contributed by atoms with Gasteiger partial charge in [-0.3, -0.25) is 9.89 Å². The van der Waals surface area contributed by atoms with Crippen LogP contribution in [0, 0.1) is 6.92 Å². The van der Waals surface area contributed by atoms with Crippen molar-refractivity contribution in [2.45, 2.75) is 32.5 Å². The predicted molar refractivity (Wildman–Crippen MR) is 95.8 cm³/mol. The molecule has 0 spiro atoms. The van der Waals surface area contributed by atoms with Gasteiger partial charge in [0.15, 0.2) is 0 Å². The maximum absolute atomic E-state index is 13.0. The lowest BCUT2D eigenvalue weighted by Gasteiger charge is -2.20. The van der Waals surface area contributed by atoms with Crippen LogP contribution >= 0.6 is 0 Å². The smallest absolute Gasteiger partial charge is 0.411 e. The maximum Gasteiger partial charge on any atom is 0.411 e. The molecule has 28 heavy (non-hydrogen) atoms. The number of aromatic nitrogens is 4. The second-order valence-electron chi connectivity index (χ2n) is 6.12. The van der Waals surface area contributed by atoms with Gasteiger partial charge in [-0.15, -0.1) is 0 Å². The van der Waals surface area contributed by atoms with Gasteiger partial charge in [-0.2, -0.15) is 23.3 Å². The van der Waals surface area contributed by atoms with Gasteiger partial charge in [0.25, 0.3) is 5.56 Å². The third-order valence-electron chi connectivity index (χ3n) is 4.08. The number of hydrogen-bond donors (Lipinski definition) is 1. The summed E-state index contributed by atoms with van der Waals surface area (Å²) in [5, 5.41) is 6.54. The second kappa shape index (κ2) is 8.01. The molecule has 7 nitrogen and oxygen atoms in total. The molecule has 1 atom stereocenters. The molecule has 0 aliphatic heterocycles. The molecular formula is C18H19F3N4O3. The van der Waals surface area contributed by atoms with Gasteiger partial charge in [0.2, 0.25) is 0 Å². The predicted octanol–water partition coefficient (Wildman–Crippen LogP) is 3.09. The molecule has 2 aromatic rings. The summed E-state index contributed by atoms with van der Waals surface area (Å²) in [4.78, 5) is 17.4. The Morgan fingerprint density at radius 1 is 1.39 bits per heavy atom. The number of H-pyrrole nitrogens is 1. The highest BCUT2D eigenvalue weighted by atomic mass is 19.4. The van der Waals surface area contributed by atoms with Gasteiger partial charge < -0.3 is 9.47 Å². The zero-order valence-electron chi connectivity index (χ0n) is 15.3. The van der Waals surface area contributed by atoms with Gasteiger partial charge in [-0.1, -0.05) is 12.2 Å². The van der Waals surface area contributed by atoms with Crippen LogP contribution in [-0.4, -0.2) is 45.2 Å². The molecule has 0 saturated heterocycles. The van der Waals surface area contributed by atoms with Crippen LogP contribution in [-0.2, 0) is 4.74 Å². The van der Waals surface area contributed by atoms with Gasteiger partial charge >= 0.3 is 12.2 Å². The molecule has 10 heteroatoms. The lowest BCUT2D eigenvalue weighted by molar-refractivity contribution is -0.180. The summed E-state index contributed by atoms with van der Waals surface area (Å²) in [5.74, 6) is 0. The molecular weight excluding hydrogens is 377 g/mol. The molecule has 0 radical (unpaired) electrons. The van der Waals surface area contributed by atoms with E-state index in [-0.39, 0.29) is 24.6 Å². The summed E-state index contributed by atoms with van der Waals surface area (Å²) in [5.41, 5.74) is 1.63. The highest BCUT2D eigenvalue weighted by Crippen LogP contribution is 2.26. The average Bonchev–Trinajstić information content (AvgIpc) is 3.18. The number of hydrogen-bond acceptors (Lipinski definition) is 5. The van der Waals surface area contributed by atoms with Gasteiger partial charge in [0, 0.05) is 23.0 Å². The Morgan fingerprint density at radius 3 is 2.75 bits per heavy atom. The quantitative estimate of drug-likeness (QED) is 0.812. The summed E-state index contributed by atoms with van der Waals surface area (Å²) >= 11 is 0. The molecule has 2 aromatic heterocycles. The van der Waals surface area contributed by atoms with E-state index in [9.17, 15) is 18.0 Å². The molecule has 1 aliphatic carbocycles. The molecule has 150 valence electrons. The van der Waals surface area contributed by atoms with Crippen molar-refractivity contribution in [2.24, 2.45) is 0 Å². The summed E-state index contributed by atoms with van der Waals surface area (Å²) < 4.78 is 48.6. The number of ether oxygens (including phenoxy) is 2. The SMILES string of the molecule is CCOc1nc(-c2cn[nH]c2)c(C)c(=O)n1C1=CCC(OCC(F)(F)F)C=C1. The zero-order chi connectivity index (χ0) is 20.3. The van der Waals surface area contributed by atoms with Crippen LogP contribution in [0.3, 0.4) is 0 Å². The molecule has 1 unspecified atom stereocenters. The molecule has 2 heterocycles. The summed E-state index contributed by atoms with van der Waals surface area (Å²) in [6.45, 7) is 2.37.